The smallest absolute Gasteiger partial charge is 0.248 e. The number of amides is 1. The summed E-state index contributed by atoms with van der Waals surface area (Å²) in [4.78, 5) is 14.1. The molecular weight excluding hydrogens is 458 g/mol. The Kier molecular flexibility index (Phi) is 6.83. The van der Waals surface area contributed by atoms with Crippen molar-refractivity contribution in [3.63, 3.8) is 0 Å². The molecule has 1 atom stereocenters. The van der Waals surface area contributed by atoms with E-state index in [9.17, 15) is 13.2 Å². The highest BCUT2D eigenvalue weighted by molar-refractivity contribution is 7.89. The van der Waals surface area contributed by atoms with E-state index < -0.39 is 15.9 Å². The van der Waals surface area contributed by atoms with E-state index in [1.807, 2.05) is 49.6 Å². The first-order valence-corrected chi connectivity index (χ1v) is 13.1. The predicted molar refractivity (Wildman–Crippen MR) is 131 cm³/mol. The Morgan fingerprint density at radius 3 is 2.64 bits per heavy atom. The van der Waals surface area contributed by atoms with Gasteiger partial charge in [0.05, 0.1) is 5.92 Å². The second kappa shape index (κ2) is 9.62. The fourth-order valence-electron chi connectivity index (χ4n) is 4.08. The maximum absolute atomic E-state index is 13.5. The number of para-hydroxylation sites is 1. The maximum atomic E-state index is 13.5. The fourth-order valence-corrected chi connectivity index (χ4v) is 6.48. The van der Waals surface area contributed by atoms with E-state index in [4.69, 9.17) is 4.52 Å². The molecule has 1 aromatic carbocycles. The molecule has 1 fully saturated rings. The topological polar surface area (TPSA) is 92.5 Å². The van der Waals surface area contributed by atoms with Crippen molar-refractivity contribution < 1.29 is 17.7 Å². The Balaban J connectivity index is 1.54. The molecule has 0 spiro atoms. The summed E-state index contributed by atoms with van der Waals surface area (Å²) in [6, 6.07) is 9.69. The number of piperidine rings is 1. The van der Waals surface area contributed by atoms with Crippen LogP contribution >= 0.6 is 11.3 Å². The van der Waals surface area contributed by atoms with Gasteiger partial charge in [-0.2, -0.15) is 4.31 Å². The quantitative estimate of drug-likeness (QED) is 0.538. The number of hydrogen-bond donors (Lipinski definition) is 1. The molecule has 7 nitrogen and oxygen atoms in total. The van der Waals surface area contributed by atoms with Crippen LogP contribution in [-0.4, -0.2) is 36.9 Å². The first-order chi connectivity index (χ1) is 15.8. The summed E-state index contributed by atoms with van der Waals surface area (Å²) in [5.41, 5.74) is 3.05. The summed E-state index contributed by atoms with van der Waals surface area (Å²) >= 11 is 1.54. The van der Waals surface area contributed by atoms with E-state index in [1.54, 1.807) is 30.4 Å². The number of aromatic nitrogens is 1. The lowest BCUT2D eigenvalue weighted by molar-refractivity contribution is -0.120. The number of nitrogens with zero attached hydrogens (tertiary/aromatic N) is 2. The van der Waals surface area contributed by atoms with Crippen molar-refractivity contribution in [3.05, 3.63) is 63.2 Å². The summed E-state index contributed by atoms with van der Waals surface area (Å²) in [5.74, 6) is -0.395. The van der Waals surface area contributed by atoms with Gasteiger partial charge in [0.2, 0.25) is 15.9 Å². The Morgan fingerprint density at radius 1 is 1.18 bits per heavy atom. The van der Waals surface area contributed by atoms with E-state index in [0.717, 1.165) is 21.7 Å². The molecule has 3 aromatic rings. The number of aryl methyl sites for hydroxylation is 3. The van der Waals surface area contributed by atoms with Gasteiger partial charge < -0.3 is 9.84 Å². The van der Waals surface area contributed by atoms with Crippen LogP contribution in [0, 0.1) is 26.7 Å². The van der Waals surface area contributed by atoms with Gasteiger partial charge in [-0.15, -0.1) is 11.3 Å². The van der Waals surface area contributed by atoms with Gasteiger partial charge in [0, 0.05) is 23.7 Å². The molecule has 1 N–H and O–H groups in total. The van der Waals surface area contributed by atoms with Crippen LogP contribution < -0.4 is 5.32 Å². The van der Waals surface area contributed by atoms with Crippen molar-refractivity contribution in [3.8, 4) is 0 Å². The Morgan fingerprint density at radius 2 is 1.94 bits per heavy atom. The maximum Gasteiger partial charge on any atom is 0.248 e. The lowest BCUT2D eigenvalue weighted by Crippen LogP contribution is -2.44. The predicted octanol–water partition coefficient (Wildman–Crippen LogP) is 4.87. The lowest BCUT2D eigenvalue weighted by Gasteiger charge is -2.31. The van der Waals surface area contributed by atoms with Crippen LogP contribution in [0.5, 0.6) is 0 Å². The minimum absolute atomic E-state index is 0.0612. The van der Waals surface area contributed by atoms with Crippen LogP contribution in [0.3, 0.4) is 0 Å². The molecule has 9 heteroatoms. The third kappa shape index (κ3) is 4.95. The Bertz CT molecular complexity index is 1260. The van der Waals surface area contributed by atoms with Crippen molar-refractivity contribution in [2.45, 2.75) is 38.5 Å². The second-order valence-electron chi connectivity index (χ2n) is 8.27. The summed E-state index contributed by atoms with van der Waals surface area (Å²) in [7, 11) is -3.88. The van der Waals surface area contributed by atoms with E-state index >= 15 is 0 Å². The number of nitrogens with one attached hydrogen (secondary N) is 1. The van der Waals surface area contributed by atoms with Gasteiger partial charge in [0.1, 0.15) is 5.69 Å². The molecule has 0 saturated carbocycles. The molecule has 0 aliphatic carbocycles. The van der Waals surface area contributed by atoms with Gasteiger partial charge in [-0.1, -0.05) is 29.4 Å². The SMILES string of the molecule is Cc1cccc(C)c1NC(=O)C1CCCN(S(=O)(=O)c2c(C)noc2/C=C/c2cccs2)C1. The highest BCUT2D eigenvalue weighted by Gasteiger charge is 2.37. The normalized spacial score (nSPS) is 17.5. The number of hydrogen-bond acceptors (Lipinski definition) is 6. The third-order valence-corrected chi connectivity index (χ3v) is 8.72. The monoisotopic (exact) mass is 485 g/mol. The zero-order chi connectivity index (χ0) is 23.6. The van der Waals surface area contributed by atoms with Gasteiger partial charge in [-0.3, -0.25) is 4.79 Å². The second-order valence-corrected chi connectivity index (χ2v) is 11.1. The van der Waals surface area contributed by atoms with Crippen molar-refractivity contribution in [1.82, 2.24) is 9.46 Å². The van der Waals surface area contributed by atoms with Gasteiger partial charge >= 0.3 is 0 Å². The van der Waals surface area contributed by atoms with E-state index in [0.29, 0.717) is 25.1 Å². The van der Waals surface area contributed by atoms with Crippen LogP contribution in [0.15, 0.2) is 45.1 Å². The number of benzene rings is 1. The summed E-state index contributed by atoms with van der Waals surface area (Å²) in [6.07, 6.45) is 4.68. The lowest BCUT2D eigenvalue weighted by atomic mass is 9.98. The van der Waals surface area contributed by atoms with Gasteiger partial charge in [-0.05, 0) is 68.3 Å². The molecule has 174 valence electrons. The minimum atomic E-state index is -3.88. The molecule has 1 amide bonds. The number of carbonyl (C=O) groups excluding carboxylic acids is 1. The molecule has 1 aliphatic rings. The largest absolute Gasteiger partial charge is 0.355 e. The van der Waals surface area contributed by atoms with Crippen LogP contribution in [-0.2, 0) is 14.8 Å². The molecule has 33 heavy (non-hydrogen) atoms. The van der Waals surface area contributed by atoms with Gasteiger partial charge in [-0.25, -0.2) is 8.42 Å². The first kappa shape index (κ1) is 23.4. The summed E-state index contributed by atoms with van der Waals surface area (Å²) in [6.45, 7) is 5.99. The third-order valence-electron chi connectivity index (χ3n) is 5.86. The molecule has 4 rings (SSSR count). The molecule has 2 aromatic heterocycles. The highest BCUT2D eigenvalue weighted by Crippen LogP contribution is 2.30. The Hall–Kier alpha value is -2.75. The molecule has 1 aliphatic heterocycles. The molecule has 0 bridgehead atoms. The molecule has 1 unspecified atom stereocenters. The van der Waals surface area contributed by atoms with Crippen molar-refractivity contribution in [1.29, 1.82) is 0 Å². The van der Waals surface area contributed by atoms with Crippen molar-refractivity contribution in [2.75, 3.05) is 18.4 Å². The average molecular weight is 486 g/mol. The molecule has 0 radical (unpaired) electrons. The molecule has 3 heterocycles. The Labute approximate surface area is 198 Å². The standard InChI is InChI=1S/C24H27N3O4S2/c1-16-7-4-8-17(2)22(16)25-24(28)19-9-5-13-27(15-19)33(29,30)23-18(3)26-31-21(23)12-11-20-10-6-14-32-20/h4,6-8,10-12,14,19H,5,9,13,15H2,1-3H3,(H,25,28)/b12-11+. The summed E-state index contributed by atoms with van der Waals surface area (Å²) in [5, 5.41) is 8.86. The number of rotatable bonds is 6. The fraction of sp³-hybridized carbons (Fsp3) is 0.333. The van der Waals surface area contributed by atoms with E-state index in [1.165, 1.54) is 4.31 Å². The zero-order valence-corrected chi connectivity index (χ0v) is 20.5. The van der Waals surface area contributed by atoms with E-state index in [2.05, 4.69) is 10.5 Å². The zero-order valence-electron chi connectivity index (χ0n) is 18.9. The average Bonchev–Trinajstić information content (AvgIpc) is 3.44. The summed E-state index contributed by atoms with van der Waals surface area (Å²) < 4.78 is 33.8. The number of anilines is 1. The van der Waals surface area contributed by atoms with Crippen molar-refractivity contribution >= 4 is 45.1 Å². The van der Waals surface area contributed by atoms with Crippen LogP contribution in [0.4, 0.5) is 5.69 Å². The highest BCUT2D eigenvalue weighted by atomic mass is 32.2. The van der Waals surface area contributed by atoms with Crippen LogP contribution in [0.2, 0.25) is 0 Å². The first-order valence-electron chi connectivity index (χ1n) is 10.8. The van der Waals surface area contributed by atoms with Gasteiger partial charge in [0.15, 0.2) is 10.7 Å². The van der Waals surface area contributed by atoms with Gasteiger partial charge in [0.25, 0.3) is 0 Å². The van der Waals surface area contributed by atoms with Crippen LogP contribution in [0.1, 0.15) is 40.3 Å². The van der Waals surface area contributed by atoms with E-state index in [-0.39, 0.29) is 23.1 Å². The minimum Gasteiger partial charge on any atom is -0.355 e. The van der Waals surface area contributed by atoms with Crippen molar-refractivity contribution in [2.24, 2.45) is 5.92 Å². The number of carbonyl (C=O) groups is 1. The molecule has 1 saturated heterocycles. The molecular formula is C24H27N3O4S2. The number of sulfonamides is 1. The van der Waals surface area contributed by atoms with Crippen LogP contribution in [0.25, 0.3) is 12.2 Å². The number of thiophene rings is 1.